The second kappa shape index (κ2) is 13.4. The summed E-state index contributed by atoms with van der Waals surface area (Å²) in [5.74, 6) is -0.823. The molecule has 37 heavy (non-hydrogen) atoms. The number of methoxy groups -OCH3 is 1. The number of nitrogens with zero attached hydrogens (tertiary/aromatic N) is 1. The molecule has 7 N–H and O–H groups in total. The second-order valence-corrected chi connectivity index (χ2v) is 9.73. The molecule has 0 spiro atoms. The van der Waals surface area contributed by atoms with Gasteiger partial charge in [-0.3, -0.25) is 19.2 Å². The van der Waals surface area contributed by atoms with Gasteiger partial charge in [-0.2, -0.15) is 0 Å². The van der Waals surface area contributed by atoms with Crippen LogP contribution in [0.3, 0.4) is 0 Å². The standard InChI is InChI=1S/C26H40N6O5/c1-3-20(28)24(34)31-23-17(15-30-22(33)14-27)6-7-18-8-11-21(32(18)26(23)36)25(35)29-13-12-16-4-9-19(37-2)10-5-16/h4-5,9-10,17-18,20-21,23H,3,6-8,11-15,27-28H2,1-2H3,(H,29,35)(H,30,33)(H,31,34)/t17?,18?,20-,21-,23-/m0/s1. The Kier molecular flexibility index (Phi) is 10.3. The summed E-state index contributed by atoms with van der Waals surface area (Å²) in [5, 5.41) is 8.54. The number of hydrogen-bond donors (Lipinski definition) is 5. The van der Waals surface area contributed by atoms with Gasteiger partial charge in [0.25, 0.3) is 0 Å². The summed E-state index contributed by atoms with van der Waals surface area (Å²) >= 11 is 0. The lowest BCUT2D eigenvalue weighted by molar-refractivity contribution is -0.143. The first kappa shape index (κ1) is 28.4. The summed E-state index contributed by atoms with van der Waals surface area (Å²) in [4.78, 5) is 53.1. The number of nitrogens with one attached hydrogen (secondary N) is 3. The van der Waals surface area contributed by atoms with E-state index in [1.165, 1.54) is 0 Å². The van der Waals surface area contributed by atoms with Crippen molar-refractivity contribution in [1.82, 2.24) is 20.9 Å². The maximum Gasteiger partial charge on any atom is 0.246 e. The minimum Gasteiger partial charge on any atom is -0.497 e. The van der Waals surface area contributed by atoms with Gasteiger partial charge in [-0.25, -0.2) is 0 Å². The third kappa shape index (κ3) is 7.20. The molecular formula is C26H40N6O5. The maximum absolute atomic E-state index is 13.8. The Labute approximate surface area is 218 Å². The topological polar surface area (TPSA) is 169 Å². The van der Waals surface area contributed by atoms with Gasteiger partial charge in [0.15, 0.2) is 0 Å². The Balaban J connectivity index is 1.69. The summed E-state index contributed by atoms with van der Waals surface area (Å²) in [7, 11) is 1.61. The van der Waals surface area contributed by atoms with Crippen molar-refractivity contribution in [3.8, 4) is 5.75 Å². The van der Waals surface area contributed by atoms with Crippen molar-refractivity contribution in [3.63, 3.8) is 0 Å². The first-order chi connectivity index (χ1) is 17.8. The van der Waals surface area contributed by atoms with E-state index in [4.69, 9.17) is 16.2 Å². The van der Waals surface area contributed by atoms with Crippen LogP contribution in [-0.2, 0) is 25.6 Å². The lowest BCUT2D eigenvalue weighted by Crippen LogP contribution is -2.59. The van der Waals surface area contributed by atoms with Crippen LogP contribution in [0.25, 0.3) is 0 Å². The summed E-state index contributed by atoms with van der Waals surface area (Å²) in [6, 6.07) is 5.31. The van der Waals surface area contributed by atoms with Gasteiger partial charge in [-0.15, -0.1) is 0 Å². The zero-order chi connectivity index (χ0) is 26.9. The molecule has 204 valence electrons. The van der Waals surface area contributed by atoms with E-state index in [2.05, 4.69) is 16.0 Å². The number of amides is 4. The average molecular weight is 517 g/mol. The number of carbonyl (C=O) groups is 4. The summed E-state index contributed by atoms with van der Waals surface area (Å²) < 4.78 is 5.18. The first-order valence-electron chi connectivity index (χ1n) is 13.0. The molecule has 0 aliphatic carbocycles. The minimum atomic E-state index is -0.888. The van der Waals surface area contributed by atoms with E-state index in [-0.39, 0.29) is 42.8 Å². The molecule has 11 nitrogen and oxygen atoms in total. The van der Waals surface area contributed by atoms with Gasteiger partial charge in [-0.05, 0) is 56.2 Å². The molecule has 4 amide bonds. The van der Waals surface area contributed by atoms with E-state index >= 15 is 0 Å². The number of rotatable bonds is 11. The van der Waals surface area contributed by atoms with Crippen LogP contribution in [0.1, 0.15) is 44.6 Å². The normalized spacial score (nSPS) is 24.0. The van der Waals surface area contributed by atoms with E-state index in [1.807, 2.05) is 24.3 Å². The molecule has 2 fully saturated rings. The summed E-state index contributed by atoms with van der Waals surface area (Å²) in [6.07, 6.45) is 3.63. The highest BCUT2D eigenvalue weighted by Gasteiger charge is 2.47. The molecule has 3 rings (SSSR count). The second-order valence-electron chi connectivity index (χ2n) is 9.73. The van der Waals surface area contributed by atoms with E-state index < -0.39 is 24.0 Å². The highest BCUT2D eigenvalue weighted by atomic mass is 16.5. The predicted octanol–water partition coefficient (Wildman–Crippen LogP) is -0.579. The third-order valence-electron chi connectivity index (χ3n) is 7.36. The lowest BCUT2D eigenvalue weighted by Gasteiger charge is -2.32. The number of ether oxygens (including phenoxy) is 1. The van der Waals surface area contributed by atoms with E-state index in [0.717, 1.165) is 11.3 Å². The van der Waals surface area contributed by atoms with Gasteiger partial charge >= 0.3 is 0 Å². The Hall–Kier alpha value is -3.18. The Bertz CT molecular complexity index is 955. The molecule has 0 aromatic heterocycles. The largest absolute Gasteiger partial charge is 0.497 e. The molecule has 2 unspecified atom stereocenters. The fourth-order valence-corrected chi connectivity index (χ4v) is 5.10. The van der Waals surface area contributed by atoms with Crippen molar-refractivity contribution < 1.29 is 23.9 Å². The van der Waals surface area contributed by atoms with Crippen LogP contribution in [0.4, 0.5) is 0 Å². The fourth-order valence-electron chi connectivity index (χ4n) is 5.10. The third-order valence-corrected chi connectivity index (χ3v) is 7.36. The smallest absolute Gasteiger partial charge is 0.246 e. The first-order valence-corrected chi connectivity index (χ1v) is 13.0. The van der Waals surface area contributed by atoms with Gasteiger partial charge in [0.1, 0.15) is 17.8 Å². The van der Waals surface area contributed by atoms with Crippen molar-refractivity contribution >= 4 is 23.6 Å². The molecule has 11 heteroatoms. The van der Waals surface area contributed by atoms with Gasteiger partial charge in [0.2, 0.25) is 23.6 Å². The van der Waals surface area contributed by atoms with Gasteiger partial charge < -0.3 is 37.1 Å². The Morgan fingerprint density at radius 1 is 1.11 bits per heavy atom. The highest BCUT2D eigenvalue weighted by molar-refractivity contribution is 5.94. The molecule has 0 saturated carbocycles. The fraction of sp³-hybridized carbons (Fsp3) is 0.615. The molecule has 2 heterocycles. The van der Waals surface area contributed by atoms with Crippen LogP contribution in [0.15, 0.2) is 24.3 Å². The van der Waals surface area contributed by atoms with E-state index in [9.17, 15) is 19.2 Å². The number of nitrogens with two attached hydrogens (primary N) is 2. The van der Waals surface area contributed by atoms with Crippen LogP contribution in [0, 0.1) is 5.92 Å². The van der Waals surface area contributed by atoms with Crippen molar-refractivity contribution in [2.24, 2.45) is 17.4 Å². The van der Waals surface area contributed by atoms with E-state index in [0.29, 0.717) is 45.1 Å². The predicted molar refractivity (Wildman–Crippen MR) is 138 cm³/mol. The van der Waals surface area contributed by atoms with Gasteiger partial charge in [-0.1, -0.05) is 19.1 Å². The molecule has 0 bridgehead atoms. The minimum absolute atomic E-state index is 0.0979. The van der Waals surface area contributed by atoms with Crippen molar-refractivity contribution in [2.75, 3.05) is 26.7 Å². The Morgan fingerprint density at radius 3 is 2.46 bits per heavy atom. The number of fused-ring (bicyclic) bond motifs is 1. The quantitative estimate of drug-likeness (QED) is 0.262. The maximum atomic E-state index is 13.8. The zero-order valence-electron chi connectivity index (χ0n) is 21.7. The SMILES string of the molecule is CC[C@H](N)C(=O)N[C@@H]1C(=O)N2C(CCC1CNC(=O)CN)CC[C@H]2C(=O)NCCc1ccc(OC)cc1. The van der Waals surface area contributed by atoms with Crippen LogP contribution < -0.4 is 32.2 Å². The number of hydrogen-bond acceptors (Lipinski definition) is 7. The molecular weight excluding hydrogens is 476 g/mol. The molecule has 1 aromatic rings. The van der Waals surface area contributed by atoms with Gasteiger partial charge in [0, 0.05) is 25.0 Å². The molecule has 1 aromatic carbocycles. The van der Waals surface area contributed by atoms with E-state index in [1.54, 1.807) is 18.9 Å². The van der Waals surface area contributed by atoms with Crippen LogP contribution in [0.2, 0.25) is 0 Å². The lowest BCUT2D eigenvalue weighted by atomic mass is 9.92. The molecule has 2 saturated heterocycles. The number of benzene rings is 1. The molecule has 2 aliphatic rings. The highest BCUT2D eigenvalue weighted by Crippen LogP contribution is 2.34. The van der Waals surface area contributed by atoms with Crippen LogP contribution >= 0.6 is 0 Å². The molecule has 5 atom stereocenters. The summed E-state index contributed by atoms with van der Waals surface area (Å²) in [6.45, 7) is 2.27. The molecule has 2 aliphatic heterocycles. The monoisotopic (exact) mass is 516 g/mol. The number of carbonyl (C=O) groups excluding carboxylic acids is 4. The summed E-state index contributed by atoms with van der Waals surface area (Å²) in [5.41, 5.74) is 12.4. The average Bonchev–Trinajstić information content (AvgIpc) is 3.30. The van der Waals surface area contributed by atoms with Crippen molar-refractivity contribution in [3.05, 3.63) is 29.8 Å². The van der Waals surface area contributed by atoms with Gasteiger partial charge in [0.05, 0.1) is 19.7 Å². The zero-order valence-corrected chi connectivity index (χ0v) is 21.7. The molecule has 0 radical (unpaired) electrons. The Morgan fingerprint density at radius 2 is 1.81 bits per heavy atom. The van der Waals surface area contributed by atoms with Crippen LogP contribution in [-0.4, -0.2) is 79.4 Å². The van der Waals surface area contributed by atoms with Crippen molar-refractivity contribution in [2.45, 2.75) is 69.6 Å². The van der Waals surface area contributed by atoms with Crippen molar-refractivity contribution in [1.29, 1.82) is 0 Å². The van der Waals surface area contributed by atoms with Crippen LogP contribution in [0.5, 0.6) is 5.75 Å².